The molecular weight excluding hydrogens is 377 g/mol. The van der Waals surface area contributed by atoms with Crippen LogP contribution in [0.1, 0.15) is 74.2 Å². The van der Waals surface area contributed by atoms with Crippen molar-refractivity contribution >= 4 is 6.08 Å². The van der Waals surface area contributed by atoms with Crippen molar-refractivity contribution in [1.29, 1.82) is 0 Å². The lowest BCUT2D eigenvalue weighted by atomic mass is 9.78. The smallest absolute Gasteiger partial charge is 0.200 e. The third kappa shape index (κ3) is 5.02. The lowest BCUT2D eigenvalue weighted by molar-refractivity contribution is 0.162. The average Bonchev–Trinajstić information content (AvgIpc) is 2.71. The first kappa shape index (κ1) is 21.4. The molecule has 1 atom stereocenters. The van der Waals surface area contributed by atoms with Gasteiger partial charge in [0.25, 0.3) is 0 Å². The normalized spacial score (nSPS) is 20.9. The van der Waals surface area contributed by atoms with Gasteiger partial charge < -0.3 is 10.2 Å². The number of aromatic hydroxyl groups is 1. The number of aliphatic hydroxyl groups is 1. The van der Waals surface area contributed by atoms with Crippen molar-refractivity contribution in [2.75, 3.05) is 0 Å². The van der Waals surface area contributed by atoms with E-state index in [0.717, 1.165) is 37.7 Å². The maximum absolute atomic E-state index is 14.2. The van der Waals surface area contributed by atoms with E-state index in [1.54, 1.807) is 12.1 Å². The molecule has 156 valence electrons. The molecule has 1 fully saturated rings. The van der Waals surface area contributed by atoms with Crippen LogP contribution in [0.4, 0.5) is 13.2 Å². The molecule has 0 heterocycles. The molecule has 0 aromatic heterocycles. The Morgan fingerprint density at radius 2 is 1.76 bits per heavy atom. The van der Waals surface area contributed by atoms with Gasteiger partial charge in [0.15, 0.2) is 11.6 Å². The molecule has 0 bridgehead atoms. The summed E-state index contributed by atoms with van der Waals surface area (Å²) in [4.78, 5) is 0. The lowest BCUT2D eigenvalue weighted by Crippen LogP contribution is -2.13. The highest BCUT2D eigenvalue weighted by molar-refractivity contribution is 5.50. The number of halogens is 3. The Hall–Kier alpha value is -2.27. The van der Waals surface area contributed by atoms with Crippen molar-refractivity contribution in [2.24, 2.45) is 5.92 Å². The molecule has 3 rings (SSSR count). The van der Waals surface area contributed by atoms with Crippen molar-refractivity contribution in [3.63, 3.8) is 0 Å². The molecule has 1 unspecified atom stereocenters. The van der Waals surface area contributed by atoms with Gasteiger partial charge in [-0.1, -0.05) is 43.7 Å². The predicted molar refractivity (Wildman–Crippen MR) is 108 cm³/mol. The summed E-state index contributed by atoms with van der Waals surface area (Å²) >= 11 is 0. The first-order valence-corrected chi connectivity index (χ1v) is 10.2. The van der Waals surface area contributed by atoms with E-state index in [0.29, 0.717) is 23.5 Å². The Morgan fingerprint density at radius 1 is 1.03 bits per heavy atom. The number of hydrogen-bond donors (Lipinski definition) is 2. The van der Waals surface area contributed by atoms with Crippen LogP contribution in [-0.4, -0.2) is 10.2 Å². The largest absolute Gasteiger partial charge is 0.505 e. The first-order valence-electron chi connectivity index (χ1n) is 10.2. The third-order valence-electron chi connectivity index (χ3n) is 5.81. The fraction of sp³-hybridized carbons (Fsp3) is 0.417. The molecule has 2 nitrogen and oxygen atoms in total. The van der Waals surface area contributed by atoms with Gasteiger partial charge >= 0.3 is 0 Å². The van der Waals surface area contributed by atoms with Gasteiger partial charge in [-0.3, -0.25) is 0 Å². The van der Waals surface area contributed by atoms with Gasteiger partial charge in [-0.2, -0.15) is 4.39 Å². The summed E-state index contributed by atoms with van der Waals surface area (Å²) in [5.41, 5.74) is 1.39. The Labute approximate surface area is 169 Å². The molecule has 1 aliphatic rings. The summed E-state index contributed by atoms with van der Waals surface area (Å²) in [5, 5.41) is 19.2. The second-order valence-corrected chi connectivity index (χ2v) is 7.86. The second kappa shape index (κ2) is 9.49. The molecule has 5 heteroatoms. The highest BCUT2D eigenvalue weighted by Crippen LogP contribution is 2.39. The average molecular weight is 404 g/mol. The van der Waals surface area contributed by atoms with Gasteiger partial charge in [-0.05, 0) is 67.2 Å². The number of hydrogen-bond acceptors (Lipinski definition) is 2. The molecule has 0 radical (unpaired) electrons. The summed E-state index contributed by atoms with van der Waals surface area (Å²) in [5.74, 6) is -2.97. The van der Waals surface area contributed by atoms with Crippen molar-refractivity contribution in [3.05, 3.63) is 70.5 Å². The minimum Gasteiger partial charge on any atom is -0.505 e. The molecule has 0 spiro atoms. The van der Waals surface area contributed by atoms with Crippen LogP contribution in [0.25, 0.3) is 6.08 Å². The van der Waals surface area contributed by atoms with E-state index in [2.05, 4.69) is 0 Å². The van der Waals surface area contributed by atoms with E-state index in [1.807, 2.05) is 19.1 Å². The van der Waals surface area contributed by atoms with Crippen LogP contribution in [0.5, 0.6) is 5.75 Å². The van der Waals surface area contributed by atoms with Crippen molar-refractivity contribution in [3.8, 4) is 5.75 Å². The van der Waals surface area contributed by atoms with Crippen molar-refractivity contribution < 1.29 is 23.4 Å². The van der Waals surface area contributed by atoms with Crippen LogP contribution in [0.2, 0.25) is 0 Å². The fourth-order valence-electron chi connectivity index (χ4n) is 4.09. The maximum Gasteiger partial charge on any atom is 0.200 e. The van der Waals surface area contributed by atoms with Gasteiger partial charge in [-0.25, -0.2) is 8.78 Å². The van der Waals surface area contributed by atoms with E-state index >= 15 is 0 Å². The molecule has 2 aromatic carbocycles. The minimum atomic E-state index is -1.18. The monoisotopic (exact) mass is 404 g/mol. The van der Waals surface area contributed by atoms with Crippen LogP contribution in [-0.2, 0) is 0 Å². The van der Waals surface area contributed by atoms with Crippen LogP contribution in [0.3, 0.4) is 0 Å². The van der Waals surface area contributed by atoms with E-state index in [1.165, 1.54) is 18.2 Å². The van der Waals surface area contributed by atoms with Crippen molar-refractivity contribution in [1.82, 2.24) is 0 Å². The summed E-state index contributed by atoms with van der Waals surface area (Å²) < 4.78 is 41.9. The van der Waals surface area contributed by atoms with E-state index in [9.17, 15) is 23.4 Å². The van der Waals surface area contributed by atoms with E-state index in [4.69, 9.17) is 0 Å². The van der Waals surface area contributed by atoms with Crippen LogP contribution < -0.4 is 0 Å². The molecule has 1 saturated carbocycles. The summed E-state index contributed by atoms with van der Waals surface area (Å²) in [7, 11) is 0. The zero-order chi connectivity index (χ0) is 21.0. The SMILES string of the molecule is CCCC(O)c1ccc(/C=C/C2CCC(c3ccc(O)c(F)c3F)CC2)cc1F. The van der Waals surface area contributed by atoms with Gasteiger partial charge in [0.1, 0.15) is 5.82 Å². The van der Waals surface area contributed by atoms with Gasteiger partial charge in [-0.15, -0.1) is 0 Å². The standard InChI is InChI=1S/C24H27F3O2/c1-2-3-21(28)19-11-8-16(14-20(19)25)5-4-15-6-9-17(10-7-15)18-12-13-22(29)24(27)23(18)26/h4-5,8,11-15,17,21,28-29H,2-3,6-7,9-10H2,1H3/b5-4+. The Balaban J connectivity index is 1.60. The topological polar surface area (TPSA) is 40.5 Å². The number of allylic oxidation sites excluding steroid dienone is 1. The summed E-state index contributed by atoms with van der Waals surface area (Å²) in [6, 6.07) is 7.54. The number of rotatable bonds is 6. The molecule has 2 N–H and O–H groups in total. The molecule has 0 saturated heterocycles. The highest BCUT2D eigenvalue weighted by atomic mass is 19.2. The lowest BCUT2D eigenvalue weighted by Gasteiger charge is -2.27. The predicted octanol–water partition coefficient (Wildman–Crippen LogP) is 6.63. The van der Waals surface area contributed by atoms with E-state index in [-0.39, 0.29) is 5.92 Å². The number of benzene rings is 2. The molecular formula is C24H27F3O2. The van der Waals surface area contributed by atoms with Crippen molar-refractivity contribution in [2.45, 2.75) is 57.5 Å². The van der Waals surface area contributed by atoms with E-state index < -0.39 is 29.3 Å². The Kier molecular flexibility index (Phi) is 7.01. The molecule has 2 aromatic rings. The minimum absolute atomic E-state index is 0.0634. The van der Waals surface area contributed by atoms with Gasteiger partial charge in [0.2, 0.25) is 5.82 Å². The molecule has 0 amide bonds. The van der Waals surface area contributed by atoms with Crippen LogP contribution >= 0.6 is 0 Å². The molecule has 1 aliphatic carbocycles. The Morgan fingerprint density at radius 3 is 2.41 bits per heavy atom. The maximum atomic E-state index is 14.2. The zero-order valence-electron chi connectivity index (χ0n) is 16.5. The highest BCUT2D eigenvalue weighted by Gasteiger charge is 2.25. The third-order valence-corrected chi connectivity index (χ3v) is 5.81. The van der Waals surface area contributed by atoms with Crippen LogP contribution in [0, 0.1) is 23.4 Å². The number of phenolic OH excluding ortho intramolecular Hbond substituents is 1. The molecule has 29 heavy (non-hydrogen) atoms. The van der Waals surface area contributed by atoms with Crippen LogP contribution in [0.15, 0.2) is 36.4 Å². The van der Waals surface area contributed by atoms with Gasteiger partial charge in [0, 0.05) is 5.56 Å². The van der Waals surface area contributed by atoms with Gasteiger partial charge in [0.05, 0.1) is 6.10 Å². The quantitative estimate of drug-likeness (QED) is 0.567. The summed E-state index contributed by atoms with van der Waals surface area (Å²) in [6.07, 6.45) is 7.58. The number of phenols is 1. The first-order chi connectivity index (χ1) is 13.9. The molecule has 0 aliphatic heterocycles. The summed E-state index contributed by atoms with van der Waals surface area (Å²) in [6.45, 7) is 1.94. The Bertz CT molecular complexity index is 871. The number of aliphatic hydroxyl groups excluding tert-OH is 1. The zero-order valence-corrected chi connectivity index (χ0v) is 16.5. The second-order valence-electron chi connectivity index (χ2n) is 7.86. The fourth-order valence-corrected chi connectivity index (χ4v) is 4.09.